The van der Waals surface area contributed by atoms with E-state index in [0.717, 1.165) is 75.3 Å². The molecule has 10 nitrogen and oxygen atoms in total. The van der Waals surface area contributed by atoms with Gasteiger partial charge in [-0.15, -0.1) is 0 Å². The molecule has 278 valence electrons. The molecular weight excluding hydrogens is 632 g/mol. The van der Waals surface area contributed by atoms with Gasteiger partial charge in [-0.25, -0.2) is 0 Å². The van der Waals surface area contributed by atoms with Crippen molar-refractivity contribution >= 4 is 23.6 Å². The van der Waals surface area contributed by atoms with Gasteiger partial charge in [0.15, 0.2) is 0 Å². The van der Waals surface area contributed by atoms with Crippen LogP contribution in [0.5, 0.6) is 11.5 Å². The molecule has 0 aliphatic carbocycles. The van der Waals surface area contributed by atoms with Crippen molar-refractivity contribution in [3.05, 3.63) is 58.7 Å². The first-order valence-corrected chi connectivity index (χ1v) is 19.0. The second-order valence-electron chi connectivity index (χ2n) is 13.4. The van der Waals surface area contributed by atoms with Gasteiger partial charge in [-0.1, -0.05) is 116 Å². The summed E-state index contributed by atoms with van der Waals surface area (Å²) in [7, 11) is 0. The van der Waals surface area contributed by atoms with Crippen LogP contribution in [-0.4, -0.2) is 33.8 Å². The largest absolute Gasteiger partial charge is 0.507 e. The molecule has 50 heavy (non-hydrogen) atoms. The van der Waals surface area contributed by atoms with E-state index in [0.29, 0.717) is 38.5 Å². The number of nitrogens with one attached hydrogen (secondary N) is 4. The fourth-order valence-corrected chi connectivity index (χ4v) is 6.43. The number of hydrogen-bond donors (Lipinski definition) is 6. The molecule has 2 rings (SSSR count). The molecule has 0 saturated heterocycles. The van der Waals surface area contributed by atoms with Crippen molar-refractivity contribution in [3.8, 4) is 11.5 Å². The summed E-state index contributed by atoms with van der Waals surface area (Å²) in [5, 5.41) is 21.0. The fourth-order valence-electron chi connectivity index (χ4n) is 6.43. The lowest BCUT2D eigenvalue weighted by Gasteiger charge is -2.21. The topological polar surface area (TPSA) is 157 Å². The number of phenolic OH excluding ortho intramolecular Hbond substituents is 2. The van der Waals surface area contributed by atoms with Crippen molar-refractivity contribution in [2.24, 2.45) is 11.8 Å². The quantitative estimate of drug-likeness (QED) is 0.0512. The highest BCUT2D eigenvalue weighted by molar-refractivity contribution is 6.00. The fraction of sp³-hybridized carbons (Fsp3) is 0.600. The average molecular weight is 695 g/mol. The van der Waals surface area contributed by atoms with E-state index in [9.17, 15) is 29.4 Å². The number of aryl methyl sites for hydroxylation is 2. The van der Waals surface area contributed by atoms with Crippen molar-refractivity contribution < 1.29 is 29.4 Å². The highest BCUT2D eigenvalue weighted by Crippen LogP contribution is 2.25. The van der Waals surface area contributed by atoms with Gasteiger partial charge in [0, 0.05) is 11.8 Å². The predicted octanol–water partition coefficient (Wildman–Crippen LogP) is 7.96. The number of amides is 4. The minimum Gasteiger partial charge on any atom is -0.507 e. The van der Waals surface area contributed by atoms with E-state index in [4.69, 9.17) is 0 Å². The number of rotatable bonds is 23. The first-order valence-electron chi connectivity index (χ1n) is 19.0. The normalized spacial score (nSPS) is 12.2. The molecule has 0 fully saturated rings. The smallest absolute Gasteiger partial charge is 0.273 e. The van der Waals surface area contributed by atoms with Gasteiger partial charge in [-0.05, 0) is 74.6 Å². The second-order valence-corrected chi connectivity index (χ2v) is 13.4. The summed E-state index contributed by atoms with van der Waals surface area (Å²) < 4.78 is 0. The molecular formula is C40H62N4O6. The number of carbonyl (C=O) groups is 4. The standard InChI is InChI=1S/C40H62N4O6/c1-5-9-11-13-15-21-29-23-17-25-33(45)35(29)39(49)43-41-37(47)31(19-7-3)27-28-32(20-8-4)38(48)42-44-40(50)36-30(24-18-26-34(36)46)22-16-14-12-10-6-2/h17-18,23-26,31-32,45-46H,5-16,19-22,27-28H2,1-4H3,(H,41,47)(H,42,48)(H,43,49)(H,44,50). The van der Waals surface area contributed by atoms with Crippen molar-refractivity contribution in [3.63, 3.8) is 0 Å². The molecule has 0 radical (unpaired) electrons. The van der Waals surface area contributed by atoms with Crippen LogP contribution in [0, 0.1) is 11.8 Å². The summed E-state index contributed by atoms with van der Waals surface area (Å²) in [6, 6.07) is 10.0. The molecule has 0 heterocycles. The Morgan fingerprint density at radius 3 is 1.24 bits per heavy atom. The van der Waals surface area contributed by atoms with E-state index in [-0.39, 0.29) is 34.4 Å². The van der Waals surface area contributed by atoms with Crippen LogP contribution < -0.4 is 21.7 Å². The van der Waals surface area contributed by atoms with Gasteiger partial charge in [0.1, 0.15) is 11.5 Å². The molecule has 4 amide bonds. The molecule has 0 aliphatic heterocycles. The second kappa shape index (κ2) is 24.1. The maximum atomic E-state index is 13.2. The Labute approximate surface area is 299 Å². The average Bonchev–Trinajstić information content (AvgIpc) is 3.10. The van der Waals surface area contributed by atoms with E-state index in [1.807, 2.05) is 26.0 Å². The maximum Gasteiger partial charge on any atom is 0.273 e. The summed E-state index contributed by atoms with van der Waals surface area (Å²) in [5.41, 5.74) is 11.9. The molecule has 10 heteroatoms. The molecule has 0 aliphatic rings. The lowest BCUT2D eigenvalue weighted by atomic mass is 9.89. The third-order valence-electron chi connectivity index (χ3n) is 9.29. The van der Waals surface area contributed by atoms with E-state index in [1.165, 1.54) is 25.0 Å². The number of hydrogen-bond acceptors (Lipinski definition) is 6. The molecule has 0 spiro atoms. The molecule has 2 aromatic carbocycles. The van der Waals surface area contributed by atoms with Crippen molar-refractivity contribution in [2.75, 3.05) is 0 Å². The van der Waals surface area contributed by atoms with Gasteiger partial charge in [-0.3, -0.25) is 40.9 Å². The van der Waals surface area contributed by atoms with Gasteiger partial charge >= 0.3 is 0 Å². The predicted molar refractivity (Wildman–Crippen MR) is 198 cm³/mol. The SMILES string of the molecule is CCCCCCCc1cccc(O)c1C(=O)NNC(=O)C(CCC)CCC(CCC)C(=O)NNC(=O)c1c(O)cccc1CCCCCCC. The van der Waals surface area contributed by atoms with E-state index in [1.54, 1.807) is 12.1 Å². The maximum absolute atomic E-state index is 13.2. The summed E-state index contributed by atoms with van der Waals surface area (Å²) >= 11 is 0. The molecule has 2 atom stereocenters. The van der Waals surface area contributed by atoms with Crippen LogP contribution in [0.3, 0.4) is 0 Å². The van der Waals surface area contributed by atoms with Crippen LogP contribution >= 0.6 is 0 Å². The number of carbonyl (C=O) groups excluding carboxylic acids is 4. The Morgan fingerprint density at radius 1 is 0.500 bits per heavy atom. The summed E-state index contributed by atoms with van der Waals surface area (Å²) in [5.74, 6) is -3.03. The van der Waals surface area contributed by atoms with E-state index >= 15 is 0 Å². The summed E-state index contributed by atoms with van der Waals surface area (Å²) in [6.45, 7) is 8.26. The molecule has 0 bridgehead atoms. The zero-order valence-corrected chi connectivity index (χ0v) is 30.9. The highest BCUT2D eigenvalue weighted by atomic mass is 16.3. The summed E-state index contributed by atoms with van der Waals surface area (Å²) in [4.78, 5) is 52.7. The van der Waals surface area contributed by atoms with E-state index in [2.05, 4.69) is 35.6 Å². The molecule has 2 unspecified atom stereocenters. The lowest BCUT2D eigenvalue weighted by molar-refractivity contribution is -0.128. The zero-order valence-electron chi connectivity index (χ0n) is 30.9. The third kappa shape index (κ3) is 14.4. The first kappa shape index (κ1) is 42.1. The Morgan fingerprint density at radius 2 is 0.880 bits per heavy atom. The minimum atomic E-state index is -0.571. The summed E-state index contributed by atoms with van der Waals surface area (Å²) in [6.07, 6.45) is 15.5. The lowest BCUT2D eigenvalue weighted by Crippen LogP contribution is -2.46. The van der Waals surface area contributed by atoms with E-state index < -0.39 is 23.7 Å². The molecule has 2 aromatic rings. The number of hydrazine groups is 2. The van der Waals surface area contributed by atoms with Crippen LogP contribution in [0.25, 0.3) is 0 Å². The minimum absolute atomic E-state index is 0.130. The van der Waals surface area contributed by atoms with Crippen LogP contribution in [-0.2, 0) is 22.4 Å². The Hall–Kier alpha value is -4.08. The van der Waals surface area contributed by atoms with Gasteiger partial charge in [0.05, 0.1) is 11.1 Å². The third-order valence-corrected chi connectivity index (χ3v) is 9.29. The monoisotopic (exact) mass is 694 g/mol. The van der Waals surface area contributed by atoms with Gasteiger partial charge in [-0.2, -0.15) is 0 Å². The van der Waals surface area contributed by atoms with Crippen LogP contribution in [0.2, 0.25) is 0 Å². The van der Waals surface area contributed by atoms with Crippen LogP contribution in [0.1, 0.15) is 162 Å². The van der Waals surface area contributed by atoms with Crippen LogP contribution in [0.15, 0.2) is 36.4 Å². The van der Waals surface area contributed by atoms with Crippen molar-refractivity contribution in [1.82, 2.24) is 21.7 Å². The first-order chi connectivity index (χ1) is 24.2. The number of phenols is 2. The number of unbranched alkanes of at least 4 members (excludes halogenated alkanes) is 8. The number of benzene rings is 2. The highest BCUT2D eigenvalue weighted by Gasteiger charge is 2.25. The zero-order chi connectivity index (χ0) is 36.7. The molecule has 0 saturated carbocycles. The number of aromatic hydroxyl groups is 2. The van der Waals surface area contributed by atoms with Gasteiger partial charge in [0.25, 0.3) is 11.8 Å². The Balaban J connectivity index is 1.98. The van der Waals surface area contributed by atoms with Crippen molar-refractivity contribution in [2.45, 2.75) is 143 Å². The molecule has 0 aromatic heterocycles. The Bertz CT molecular complexity index is 1250. The Kier molecular flexibility index (Phi) is 20.3. The van der Waals surface area contributed by atoms with Crippen LogP contribution in [0.4, 0.5) is 0 Å². The van der Waals surface area contributed by atoms with Gasteiger partial charge in [0.2, 0.25) is 11.8 Å². The van der Waals surface area contributed by atoms with Crippen molar-refractivity contribution in [1.29, 1.82) is 0 Å². The molecule has 6 N–H and O–H groups in total. The van der Waals surface area contributed by atoms with Gasteiger partial charge < -0.3 is 10.2 Å².